The van der Waals surface area contributed by atoms with Gasteiger partial charge in [-0.2, -0.15) is 0 Å². The Morgan fingerprint density at radius 3 is 1.17 bits per heavy atom. The number of imidazole rings is 2. The van der Waals surface area contributed by atoms with Crippen LogP contribution in [0.5, 0.6) is 0 Å². The minimum atomic E-state index is -0.502. The predicted octanol–water partition coefficient (Wildman–Crippen LogP) is 7.16. The Morgan fingerprint density at radius 2 is 0.826 bits per heavy atom. The van der Waals surface area contributed by atoms with Crippen molar-refractivity contribution in [1.82, 2.24) is 9.13 Å². The zero-order valence-electron chi connectivity index (χ0n) is 29.9. The van der Waals surface area contributed by atoms with Gasteiger partial charge in [0.1, 0.15) is 63.2 Å². The van der Waals surface area contributed by atoms with Crippen molar-refractivity contribution in [3.8, 4) is 0 Å². The average Bonchev–Trinajstić information content (AvgIpc) is 3.70. The maximum Gasteiger partial charge on any atom is 0.243 e. The Morgan fingerprint density at radius 1 is 0.500 bits per heavy atom. The van der Waals surface area contributed by atoms with Crippen LogP contribution in [0.4, 0.5) is 0 Å². The van der Waals surface area contributed by atoms with Crippen molar-refractivity contribution in [3.63, 3.8) is 0 Å². The summed E-state index contributed by atoms with van der Waals surface area (Å²) in [6.07, 6.45) is 37.5. The molecule has 0 aliphatic rings. The molecule has 0 spiro atoms. The lowest BCUT2D eigenvalue weighted by Crippen LogP contribution is -2.40. The van der Waals surface area contributed by atoms with Crippen LogP contribution in [0.25, 0.3) is 0 Å². The Bertz CT molecular complexity index is 859. The number of aliphatic hydroxyl groups excluding tert-OH is 2. The largest absolute Gasteiger partial charge is 0.387 e. The molecule has 2 rings (SSSR count). The molecule has 0 saturated heterocycles. The van der Waals surface area contributed by atoms with E-state index in [1.165, 1.54) is 116 Å². The summed E-state index contributed by atoms with van der Waals surface area (Å²) in [5, 5.41) is 20.8. The van der Waals surface area contributed by atoms with E-state index in [9.17, 15) is 10.2 Å². The minimum Gasteiger partial charge on any atom is -0.387 e. The maximum absolute atomic E-state index is 10.4. The molecule has 0 aliphatic heterocycles. The molecule has 0 fully saturated rings. The number of nitrogens with zero attached hydrogens (tertiary/aromatic N) is 4. The highest BCUT2D eigenvalue weighted by Crippen LogP contribution is 2.11. The number of aliphatic hydroxyl groups is 2. The highest BCUT2D eigenvalue weighted by molar-refractivity contribution is 4.70. The van der Waals surface area contributed by atoms with Crippen LogP contribution < -0.4 is 9.13 Å². The van der Waals surface area contributed by atoms with Crippen molar-refractivity contribution in [3.05, 3.63) is 37.4 Å². The third kappa shape index (κ3) is 21.9. The summed E-state index contributed by atoms with van der Waals surface area (Å²) in [4.78, 5) is 0. The molecule has 8 heteroatoms. The van der Waals surface area contributed by atoms with Gasteiger partial charge in [-0.05, 0) is 12.8 Å². The second-order valence-electron chi connectivity index (χ2n) is 13.5. The van der Waals surface area contributed by atoms with E-state index in [0.29, 0.717) is 26.3 Å². The molecule has 0 radical (unpaired) electrons. The smallest absolute Gasteiger partial charge is 0.243 e. The Kier molecular flexibility index (Phi) is 24.9. The van der Waals surface area contributed by atoms with E-state index < -0.39 is 12.2 Å². The normalized spacial score (nSPS) is 13.0. The number of hydrogen-bond donors (Lipinski definition) is 2. The summed E-state index contributed by atoms with van der Waals surface area (Å²) in [6.45, 7) is 9.51. The van der Waals surface area contributed by atoms with Gasteiger partial charge in [-0.25, -0.2) is 18.3 Å². The Labute approximate surface area is 282 Å². The van der Waals surface area contributed by atoms with Gasteiger partial charge in [-0.1, -0.05) is 129 Å². The standard InChI is InChI=1S/C38H72N4O4/c1-3-5-7-9-11-13-15-17-19-21-29-45-33-37(43)31-41-27-25-39(35-41)23-24-40-26-28-42(36-40)32-38(44)34-46-30-22-20-18-16-14-12-10-8-6-4-2/h25-28,35-38,43-44H,3-24,29-34H2,1-2H3/q+2. The quantitative estimate of drug-likeness (QED) is 0.0636. The first kappa shape index (κ1) is 40.4. The summed E-state index contributed by atoms with van der Waals surface area (Å²) in [5.41, 5.74) is 0. The third-order valence-corrected chi connectivity index (χ3v) is 8.86. The summed E-state index contributed by atoms with van der Waals surface area (Å²) in [5.74, 6) is 0. The van der Waals surface area contributed by atoms with Gasteiger partial charge in [0, 0.05) is 13.2 Å². The van der Waals surface area contributed by atoms with E-state index in [4.69, 9.17) is 9.47 Å². The summed E-state index contributed by atoms with van der Waals surface area (Å²) in [7, 11) is 0. The van der Waals surface area contributed by atoms with Crippen LogP contribution in [0.15, 0.2) is 37.4 Å². The summed E-state index contributed by atoms with van der Waals surface area (Å²) < 4.78 is 19.8. The van der Waals surface area contributed by atoms with Crippen LogP contribution in [0, 0.1) is 0 Å². The zero-order chi connectivity index (χ0) is 32.9. The van der Waals surface area contributed by atoms with Crippen LogP contribution in [0.2, 0.25) is 0 Å². The topological polar surface area (TPSA) is 76.5 Å². The predicted molar refractivity (Wildman–Crippen MR) is 187 cm³/mol. The molecule has 266 valence electrons. The fourth-order valence-corrected chi connectivity index (χ4v) is 6.00. The van der Waals surface area contributed by atoms with E-state index >= 15 is 0 Å². The summed E-state index contributed by atoms with van der Waals surface area (Å²) in [6, 6.07) is 0. The Hall–Kier alpha value is -1.74. The molecule has 0 aromatic carbocycles. The molecule has 0 saturated carbocycles. The highest BCUT2D eigenvalue weighted by Gasteiger charge is 2.14. The zero-order valence-corrected chi connectivity index (χ0v) is 29.9. The molecule has 46 heavy (non-hydrogen) atoms. The van der Waals surface area contributed by atoms with E-state index in [1.54, 1.807) is 0 Å². The second-order valence-corrected chi connectivity index (χ2v) is 13.5. The molecule has 2 N–H and O–H groups in total. The van der Waals surface area contributed by atoms with Crippen molar-refractivity contribution in [2.24, 2.45) is 0 Å². The molecule has 2 heterocycles. The third-order valence-electron chi connectivity index (χ3n) is 8.86. The fraction of sp³-hybridized carbons (Fsp3) is 0.842. The van der Waals surface area contributed by atoms with E-state index in [2.05, 4.69) is 23.0 Å². The van der Waals surface area contributed by atoms with Gasteiger partial charge in [-0.3, -0.25) is 0 Å². The van der Waals surface area contributed by atoms with E-state index in [-0.39, 0.29) is 0 Å². The van der Waals surface area contributed by atoms with Crippen LogP contribution in [-0.4, -0.2) is 58.0 Å². The lowest BCUT2D eigenvalue weighted by Gasteiger charge is -2.09. The highest BCUT2D eigenvalue weighted by atomic mass is 16.5. The van der Waals surface area contributed by atoms with Gasteiger partial charge in [0.05, 0.1) is 13.2 Å². The SMILES string of the molecule is CCCCCCCCCCCCOCC(O)C[n+]1ccn(CCn2cc[n+](CC(O)COCCCCCCCCCCCC)c2)c1. The molecule has 0 bridgehead atoms. The van der Waals surface area contributed by atoms with Crippen LogP contribution in [0.1, 0.15) is 142 Å². The Balaban J connectivity index is 1.45. The number of hydrogen-bond acceptors (Lipinski definition) is 4. The molecule has 0 amide bonds. The average molecular weight is 649 g/mol. The van der Waals surface area contributed by atoms with E-state index in [0.717, 1.165) is 39.1 Å². The minimum absolute atomic E-state index is 0.384. The number of rotatable bonds is 33. The molecule has 2 atom stereocenters. The first-order chi connectivity index (χ1) is 22.6. The van der Waals surface area contributed by atoms with Crippen molar-refractivity contribution >= 4 is 0 Å². The molecule has 2 aromatic heterocycles. The molecular weight excluding hydrogens is 576 g/mol. The molecule has 2 aromatic rings. The number of ether oxygens (including phenoxy) is 2. The monoisotopic (exact) mass is 649 g/mol. The molecule has 8 nitrogen and oxygen atoms in total. The molecule has 2 unspecified atom stereocenters. The van der Waals surface area contributed by atoms with E-state index in [1.807, 2.05) is 46.6 Å². The van der Waals surface area contributed by atoms with Crippen molar-refractivity contribution in [2.45, 2.75) is 181 Å². The van der Waals surface area contributed by atoms with Crippen molar-refractivity contribution < 1.29 is 28.8 Å². The van der Waals surface area contributed by atoms with Gasteiger partial charge in [0.25, 0.3) is 0 Å². The van der Waals surface area contributed by atoms with Gasteiger partial charge < -0.3 is 19.7 Å². The summed E-state index contributed by atoms with van der Waals surface area (Å²) >= 11 is 0. The number of aryl methyl sites for hydroxylation is 2. The van der Waals surface area contributed by atoms with Crippen LogP contribution in [-0.2, 0) is 35.7 Å². The first-order valence-corrected chi connectivity index (χ1v) is 19.2. The maximum atomic E-state index is 10.4. The number of aromatic nitrogens is 4. The second kappa shape index (κ2) is 28.3. The number of unbranched alkanes of at least 4 members (excludes halogenated alkanes) is 18. The van der Waals surface area contributed by atoms with Gasteiger partial charge in [0.2, 0.25) is 12.7 Å². The van der Waals surface area contributed by atoms with Gasteiger partial charge >= 0.3 is 0 Å². The molecule has 0 aliphatic carbocycles. The lowest BCUT2D eigenvalue weighted by atomic mass is 10.1. The van der Waals surface area contributed by atoms with Crippen molar-refractivity contribution in [2.75, 3.05) is 26.4 Å². The first-order valence-electron chi connectivity index (χ1n) is 19.2. The lowest BCUT2D eigenvalue weighted by molar-refractivity contribution is -0.703. The molecular formula is C38H72N4O4+2. The van der Waals surface area contributed by atoms with Crippen LogP contribution >= 0.6 is 0 Å². The van der Waals surface area contributed by atoms with Crippen molar-refractivity contribution in [1.29, 1.82) is 0 Å². The van der Waals surface area contributed by atoms with Gasteiger partial charge in [-0.15, -0.1) is 0 Å². The van der Waals surface area contributed by atoms with Gasteiger partial charge in [0.15, 0.2) is 0 Å². The van der Waals surface area contributed by atoms with Crippen LogP contribution in [0.3, 0.4) is 0 Å². The fourth-order valence-electron chi connectivity index (χ4n) is 6.00.